The van der Waals surface area contributed by atoms with Crippen LogP contribution in [-0.4, -0.2) is 49.4 Å². The molecule has 29 heavy (non-hydrogen) atoms. The normalized spacial score (nSPS) is 16.0. The van der Waals surface area contributed by atoms with E-state index in [1.165, 1.54) is 17.3 Å². The number of nitrogens with zero attached hydrogens (tertiary/aromatic N) is 5. The van der Waals surface area contributed by atoms with Gasteiger partial charge < -0.3 is 4.90 Å². The lowest BCUT2D eigenvalue weighted by Crippen LogP contribution is -2.42. The summed E-state index contributed by atoms with van der Waals surface area (Å²) in [6.07, 6.45) is 3.21. The van der Waals surface area contributed by atoms with Crippen molar-refractivity contribution in [3.05, 3.63) is 66.2 Å². The van der Waals surface area contributed by atoms with Gasteiger partial charge in [-0.25, -0.2) is 0 Å². The maximum absolute atomic E-state index is 13.0. The number of carbonyl (C=O) groups is 1. The summed E-state index contributed by atoms with van der Waals surface area (Å²) in [5.41, 5.74) is 2.27. The van der Waals surface area contributed by atoms with Gasteiger partial charge in [0.05, 0.1) is 10.9 Å². The Morgan fingerprint density at radius 3 is 2.41 bits per heavy atom. The van der Waals surface area contributed by atoms with Crippen molar-refractivity contribution in [2.75, 3.05) is 13.1 Å². The summed E-state index contributed by atoms with van der Waals surface area (Å²) in [5.74, 6) is 0.811. The highest BCUT2D eigenvalue weighted by atomic mass is 32.2. The quantitative estimate of drug-likeness (QED) is 0.584. The number of hydrogen-bond acceptors (Lipinski definition) is 5. The first-order valence-corrected chi connectivity index (χ1v) is 10.9. The molecule has 0 aliphatic carbocycles. The number of benzene rings is 2. The van der Waals surface area contributed by atoms with Gasteiger partial charge in [0.1, 0.15) is 0 Å². The smallest absolute Gasteiger partial charge is 0.235 e. The Hall–Kier alpha value is -2.67. The number of hydrogen-bond donors (Lipinski definition) is 0. The number of thioether (sulfide) groups is 1. The lowest BCUT2D eigenvalue weighted by atomic mass is 9.90. The molecule has 0 unspecified atom stereocenters. The van der Waals surface area contributed by atoms with E-state index < -0.39 is 0 Å². The molecule has 0 N–H and O–H groups in total. The van der Waals surface area contributed by atoms with Crippen LogP contribution < -0.4 is 0 Å². The molecule has 0 bridgehead atoms. The third kappa shape index (κ3) is 4.85. The first kappa shape index (κ1) is 19.6. The number of rotatable bonds is 6. The van der Waals surface area contributed by atoms with E-state index in [0.29, 0.717) is 11.1 Å². The van der Waals surface area contributed by atoms with E-state index in [-0.39, 0.29) is 11.2 Å². The van der Waals surface area contributed by atoms with Crippen LogP contribution in [0.4, 0.5) is 0 Å². The Kier molecular flexibility index (Phi) is 6.24. The van der Waals surface area contributed by atoms with Crippen molar-refractivity contribution >= 4 is 17.7 Å². The maximum Gasteiger partial charge on any atom is 0.235 e. The number of carbonyl (C=O) groups excluding carboxylic acids is 1. The molecule has 0 radical (unpaired) electrons. The lowest BCUT2D eigenvalue weighted by molar-refractivity contribution is -0.131. The third-order valence-corrected chi connectivity index (χ3v) is 6.39. The molecule has 1 aliphatic rings. The molecule has 6 nitrogen and oxygen atoms in total. The van der Waals surface area contributed by atoms with Crippen LogP contribution in [0.1, 0.15) is 25.3 Å². The number of piperidine rings is 1. The summed E-state index contributed by atoms with van der Waals surface area (Å²) < 4.78 is 1.68. The fraction of sp³-hybridized carbons (Fsp3) is 0.364. The fourth-order valence-corrected chi connectivity index (χ4v) is 4.65. The minimum Gasteiger partial charge on any atom is -0.342 e. The molecule has 1 atom stereocenters. The summed E-state index contributed by atoms with van der Waals surface area (Å²) in [6, 6.07) is 20.4. The van der Waals surface area contributed by atoms with Gasteiger partial charge in [-0.15, -0.1) is 5.10 Å². The Balaban J connectivity index is 1.32. The van der Waals surface area contributed by atoms with Gasteiger partial charge >= 0.3 is 0 Å². The number of amides is 1. The number of tetrazole rings is 1. The molecule has 1 amide bonds. The second kappa shape index (κ2) is 9.22. The molecule has 2 aromatic carbocycles. The molecule has 7 heteroatoms. The largest absolute Gasteiger partial charge is 0.342 e. The number of para-hydroxylation sites is 1. The van der Waals surface area contributed by atoms with Crippen molar-refractivity contribution in [2.24, 2.45) is 5.92 Å². The lowest BCUT2D eigenvalue weighted by Gasteiger charge is -2.33. The molecule has 0 saturated carbocycles. The summed E-state index contributed by atoms with van der Waals surface area (Å²) >= 11 is 1.41. The number of likely N-dealkylation sites (tertiary alicyclic amines) is 1. The van der Waals surface area contributed by atoms with Crippen LogP contribution in [0.5, 0.6) is 0 Å². The van der Waals surface area contributed by atoms with E-state index in [9.17, 15) is 4.79 Å². The Morgan fingerprint density at radius 1 is 1.07 bits per heavy atom. The predicted octanol–water partition coefficient (Wildman–Crippen LogP) is 3.62. The van der Waals surface area contributed by atoms with Crippen LogP contribution in [-0.2, 0) is 11.2 Å². The first-order valence-electron chi connectivity index (χ1n) is 10.0. The Labute approximate surface area is 175 Å². The van der Waals surface area contributed by atoms with Gasteiger partial charge in [0.25, 0.3) is 0 Å². The van der Waals surface area contributed by atoms with E-state index in [2.05, 4.69) is 45.9 Å². The van der Waals surface area contributed by atoms with Gasteiger partial charge in [-0.3, -0.25) is 4.79 Å². The Bertz CT molecular complexity index is 923. The summed E-state index contributed by atoms with van der Waals surface area (Å²) in [7, 11) is 0. The minimum atomic E-state index is -0.228. The van der Waals surface area contributed by atoms with E-state index in [1.807, 2.05) is 42.2 Å². The monoisotopic (exact) mass is 407 g/mol. The van der Waals surface area contributed by atoms with E-state index in [1.54, 1.807) is 4.68 Å². The van der Waals surface area contributed by atoms with Gasteiger partial charge in [-0.2, -0.15) is 4.68 Å². The molecule has 1 saturated heterocycles. The van der Waals surface area contributed by atoms with Crippen LogP contribution >= 0.6 is 11.8 Å². The van der Waals surface area contributed by atoms with Gasteiger partial charge in [0, 0.05) is 13.1 Å². The van der Waals surface area contributed by atoms with Crippen molar-refractivity contribution in [2.45, 2.75) is 36.6 Å². The average molecular weight is 408 g/mol. The van der Waals surface area contributed by atoms with Crippen LogP contribution in [0, 0.1) is 5.92 Å². The highest BCUT2D eigenvalue weighted by molar-refractivity contribution is 8.00. The first-order chi connectivity index (χ1) is 14.2. The zero-order chi connectivity index (χ0) is 20.1. The molecule has 3 aromatic rings. The molecule has 0 spiro atoms. The summed E-state index contributed by atoms with van der Waals surface area (Å²) in [6.45, 7) is 3.59. The van der Waals surface area contributed by atoms with Crippen LogP contribution in [0.3, 0.4) is 0 Å². The molecule has 1 aliphatic heterocycles. The molecule has 1 fully saturated rings. The van der Waals surface area contributed by atoms with Crippen LogP contribution in [0.15, 0.2) is 65.8 Å². The fourth-order valence-electron chi connectivity index (χ4n) is 3.75. The van der Waals surface area contributed by atoms with Gasteiger partial charge in [-0.1, -0.05) is 60.3 Å². The third-order valence-electron chi connectivity index (χ3n) is 5.37. The van der Waals surface area contributed by atoms with Gasteiger partial charge in [-0.05, 0) is 60.2 Å². The van der Waals surface area contributed by atoms with Crippen molar-refractivity contribution in [1.82, 2.24) is 25.1 Å². The molecule has 1 aromatic heterocycles. The second-order valence-electron chi connectivity index (χ2n) is 7.43. The maximum atomic E-state index is 13.0. The highest BCUT2D eigenvalue weighted by Gasteiger charge is 2.28. The van der Waals surface area contributed by atoms with E-state index >= 15 is 0 Å². The SMILES string of the molecule is C[C@@H](Sc1nnnn1-c1ccccc1)C(=O)N1CCC(Cc2ccccc2)CC1. The van der Waals surface area contributed by atoms with Crippen molar-refractivity contribution < 1.29 is 4.79 Å². The average Bonchev–Trinajstić information content (AvgIpc) is 3.23. The van der Waals surface area contributed by atoms with Crippen LogP contribution in [0.25, 0.3) is 5.69 Å². The molecule has 2 heterocycles. The topological polar surface area (TPSA) is 63.9 Å². The van der Waals surface area contributed by atoms with Crippen molar-refractivity contribution in [3.8, 4) is 5.69 Å². The van der Waals surface area contributed by atoms with Crippen molar-refractivity contribution in [1.29, 1.82) is 0 Å². The zero-order valence-electron chi connectivity index (χ0n) is 16.5. The highest BCUT2D eigenvalue weighted by Crippen LogP contribution is 2.27. The predicted molar refractivity (Wildman–Crippen MR) is 114 cm³/mol. The zero-order valence-corrected chi connectivity index (χ0v) is 17.3. The minimum absolute atomic E-state index is 0.163. The molecular formula is C22H25N5OS. The van der Waals surface area contributed by atoms with Crippen molar-refractivity contribution in [3.63, 3.8) is 0 Å². The molecular weight excluding hydrogens is 382 g/mol. The van der Waals surface area contributed by atoms with E-state index in [0.717, 1.165) is 38.0 Å². The van der Waals surface area contributed by atoms with Crippen LogP contribution in [0.2, 0.25) is 0 Å². The summed E-state index contributed by atoms with van der Waals surface area (Å²) in [4.78, 5) is 15.0. The second-order valence-corrected chi connectivity index (χ2v) is 8.74. The molecule has 150 valence electrons. The standard InChI is InChI=1S/C22H25N5OS/c1-17(29-22-23-24-25-27(22)20-10-6-3-7-11-20)21(28)26-14-12-19(13-15-26)16-18-8-4-2-5-9-18/h2-11,17,19H,12-16H2,1H3/t17-/m1/s1. The Morgan fingerprint density at radius 2 is 1.72 bits per heavy atom. The molecule has 4 rings (SSSR count). The van der Waals surface area contributed by atoms with E-state index in [4.69, 9.17) is 0 Å². The number of aromatic nitrogens is 4. The summed E-state index contributed by atoms with van der Waals surface area (Å²) in [5, 5.41) is 12.4. The van der Waals surface area contributed by atoms with Gasteiger partial charge in [0.15, 0.2) is 0 Å². The van der Waals surface area contributed by atoms with Gasteiger partial charge in [0.2, 0.25) is 11.1 Å².